The van der Waals surface area contributed by atoms with Gasteiger partial charge in [0.1, 0.15) is 5.82 Å². The molecule has 0 aliphatic rings. The summed E-state index contributed by atoms with van der Waals surface area (Å²) in [5, 5.41) is 3.57. The maximum atomic E-state index is 4.59. The van der Waals surface area contributed by atoms with E-state index in [9.17, 15) is 0 Å². The van der Waals surface area contributed by atoms with Crippen LogP contribution in [0.3, 0.4) is 0 Å². The zero-order valence-electron chi connectivity index (χ0n) is 12.3. The topological polar surface area (TPSA) is 29.9 Å². The Morgan fingerprint density at radius 1 is 1.21 bits per heavy atom. The van der Waals surface area contributed by atoms with Gasteiger partial charge in [-0.1, -0.05) is 38.8 Å². The molecule has 1 heterocycles. The Kier molecular flexibility index (Phi) is 4.97. The summed E-state index contributed by atoms with van der Waals surface area (Å²) in [6.07, 6.45) is 2.52. The highest BCUT2D eigenvalue weighted by Crippen LogP contribution is 2.14. The molecule has 1 N–H and O–H groups in total. The molecule has 0 bridgehead atoms. The van der Waals surface area contributed by atoms with Crippen LogP contribution in [0.15, 0.2) is 24.3 Å². The van der Waals surface area contributed by atoms with Crippen molar-refractivity contribution in [2.45, 2.75) is 40.2 Å². The normalized spacial score (nSPS) is 11.6. The largest absolute Gasteiger partial charge is 0.327 e. The van der Waals surface area contributed by atoms with E-state index in [0.29, 0.717) is 0 Å². The van der Waals surface area contributed by atoms with Crippen LogP contribution in [0.1, 0.15) is 32.5 Å². The molecular weight excluding hydrogens is 234 g/mol. The van der Waals surface area contributed by atoms with E-state index in [2.05, 4.69) is 53.8 Å². The molecule has 0 saturated heterocycles. The highest BCUT2D eigenvalue weighted by atomic mass is 15.1. The molecule has 0 aliphatic heterocycles. The van der Waals surface area contributed by atoms with Gasteiger partial charge in [0.25, 0.3) is 0 Å². The van der Waals surface area contributed by atoms with Gasteiger partial charge in [-0.05, 0) is 31.5 Å². The average Bonchev–Trinajstić information content (AvgIpc) is 2.75. The van der Waals surface area contributed by atoms with Gasteiger partial charge < -0.3 is 9.88 Å². The summed E-state index contributed by atoms with van der Waals surface area (Å²) < 4.78 is 2.30. The summed E-state index contributed by atoms with van der Waals surface area (Å²) in [6, 6.07) is 8.36. The number of para-hydroxylation sites is 2. The molecule has 0 amide bonds. The van der Waals surface area contributed by atoms with Crippen molar-refractivity contribution in [1.29, 1.82) is 0 Å². The van der Waals surface area contributed by atoms with Crippen LogP contribution in [0, 0.1) is 12.8 Å². The molecule has 0 saturated carbocycles. The van der Waals surface area contributed by atoms with Crippen molar-refractivity contribution in [3.63, 3.8) is 0 Å². The fourth-order valence-corrected chi connectivity index (χ4v) is 2.55. The van der Waals surface area contributed by atoms with E-state index in [1.165, 1.54) is 18.4 Å². The summed E-state index contributed by atoms with van der Waals surface area (Å²) in [5.74, 6) is 1.91. The standard InChI is InChI=1S/C16H25N3/c1-4-14(5-2)12-17-10-11-19-13(3)18-15-8-6-7-9-16(15)19/h6-9,14,17H,4-5,10-12H2,1-3H3. The fourth-order valence-electron chi connectivity index (χ4n) is 2.55. The minimum Gasteiger partial charge on any atom is -0.327 e. The Balaban J connectivity index is 1.93. The quantitative estimate of drug-likeness (QED) is 0.773. The second-order valence-corrected chi connectivity index (χ2v) is 5.19. The molecule has 3 heteroatoms. The van der Waals surface area contributed by atoms with E-state index in [1.807, 2.05) is 6.07 Å². The van der Waals surface area contributed by atoms with Crippen molar-refractivity contribution in [2.75, 3.05) is 13.1 Å². The molecule has 104 valence electrons. The number of hydrogen-bond acceptors (Lipinski definition) is 2. The number of nitrogens with one attached hydrogen (secondary N) is 1. The van der Waals surface area contributed by atoms with Gasteiger partial charge in [-0.3, -0.25) is 0 Å². The van der Waals surface area contributed by atoms with Gasteiger partial charge in [0, 0.05) is 13.1 Å². The van der Waals surface area contributed by atoms with Crippen LogP contribution in [-0.4, -0.2) is 22.6 Å². The van der Waals surface area contributed by atoms with Gasteiger partial charge in [0.15, 0.2) is 0 Å². The first-order valence-electron chi connectivity index (χ1n) is 7.38. The third-order valence-electron chi connectivity index (χ3n) is 3.95. The molecule has 0 radical (unpaired) electrons. The van der Waals surface area contributed by atoms with Crippen molar-refractivity contribution >= 4 is 11.0 Å². The number of hydrogen-bond donors (Lipinski definition) is 1. The van der Waals surface area contributed by atoms with Gasteiger partial charge in [-0.25, -0.2) is 4.98 Å². The SMILES string of the molecule is CCC(CC)CNCCn1c(C)nc2ccccc21. The first-order chi connectivity index (χ1) is 9.26. The van der Waals surface area contributed by atoms with Crippen LogP contribution >= 0.6 is 0 Å². The second-order valence-electron chi connectivity index (χ2n) is 5.19. The molecule has 1 aromatic heterocycles. The Labute approximate surface area is 116 Å². The van der Waals surface area contributed by atoms with Crippen molar-refractivity contribution in [2.24, 2.45) is 5.92 Å². The van der Waals surface area contributed by atoms with Crippen LogP contribution < -0.4 is 5.32 Å². The van der Waals surface area contributed by atoms with E-state index in [4.69, 9.17) is 0 Å². The van der Waals surface area contributed by atoms with Gasteiger partial charge in [0.05, 0.1) is 11.0 Å². The maximum Gasteiger partial charge on any atom is 0.106 e. The molecule has 3 nitrogen and oxygen atoms in total. The summed E-state index contributed by atoms with van der Waals surface area (Å²) in [7, 11) is 0. The smallest absolute Gasteiger partial charge is 0.106 e. The molecule has 0 fully saturated rings. The van der Waals surface area contributed by atoms with Gasteiger partial charge in [-0.15, -0.1) is 0 Å². The number of aromatic nitrogens is 2. The monoisotopic (exact) mass is 259 g/mol. The van der Waals surface area contributed by atoms with Crippen molar-refractivity contribution in [3.8, 4) is 0 Å². The number of nitrogens with zero attached hydrogens (tertiary/aromatic N) is 2. The van der Waals surface area contributed by atoms with Gasteiger partial charge >= 0.3 is 0 Å². The molecule has 19 heavy (non-hydrogen) atoms. The highest BCUT2D eigenvalue weighted by Gasteiger charge is 2.06. The summed E-state index contributed by atoms with van der Waals surface area (Å²) >= 11 is 0. The second kappa shape index (κ2) is 6.71. The van der Waals surface area contributed by atoms with Crippen molar-refractivity contribution in [3.05, 3.63) is 30.1 Å². The molecule has 0 atom stereocenters. The van der Waals surface area contributed by atoms with Crippen LogP contribution in [0.25, 0.3) is 11.0 Å². The lowest BCUT2D eigenvalue weighted by molar-refractivity contribution is 0.442. The van der Waals surface area contributed by atoms with Crippen LogP contribution in [0.5, 0.6) is 0 Å². The number of imidazole rings is 1. The zero-order valence-corrected chi connectivity index (χ0v) is 12.3. The van der Waals surface area contributed by atoms with E-state index in [1.54, 1.807) is 0 Å². The summed E-state index contributed by atoms with van der Waals surface area (Å²) in [6.45, 7) is 9.75. The fraction of sp³-hybridized carbons (Fsp3) is 0.562. The van der Waals surface area contributed by atoms with Gasteiger partial charge in [0.2, 0.25) is 0 Å². The Morgan fingerprint density at radius 3 is 2.68 bits per heavy atom. The lowest BCUT2D eigenvalue weighted by atomic mass is 10.0. The minimum atomic E-state index is 0.806. The van der Waals surface area contributed by atoms with E-state index >= 15 is 0 Å². The first kappa shape index (κ1) is 14.1. The maximum absolute atomic E-state index is 4.59. The third kappa shape index (κ3) is 3.35. The van der Waals surface area contributed by atoms with Crippen molar-refractivity contribution in [1.82, 2.24) is 14.9 Å². The Hall–Kier alpha value is -1.35. The molecule has 0 spiro atoms. The summed E-state index contributed by atoms with van der Waals surface area (Å²) in [5.41, 5.74) is 2.34. The third-order valence-corrected chi connectivity index (χ3v) is 3.95. The van der Waals surface area contributed by atoms with E-state index in [0.717, 1.165) is 36.9 Å². The average molecular weight is 259 g/mol. The number of fused-ring (bicyclic) bond motifs is 1. The molecule has 0 aliphatic carbocycles. The van der Waals surface area contributed by atoms with E-state index in [-0.39, 0.29) is 0 Å². The predicted octanol–water partition coefficient (Wildman–Crippen LogP) is 3.37. The first-order valence-corrected chi connectivity index (χ1v) is 7.38. The molecular formula is C16H25N3. The number of aryl methyl sites for hydroxylation is 1. The van der Waals surface area contributed by atoms with Crippen LogP contribution in [0.4, 0.5) is 0 Å². The van der Waals surface area contributed by atoms with Crippen LogP contribution in [-0.2, 0) is 6.54 Å². The number of rotatable bonds is 7. The predicted molar refractivity (Wildman–Crippen MR) is 81.4 cm³/mol. The summed E-state index contributed by atoms with van der Waals surface area (Å²) in [4.78, 5) is 4.59. The Morgan fingerprint density at radius 2 is 1.95 bits per heavy atom. The van der Waals surface area contributed by atoms with E-state index < -0.39 is 0 Å². The van der Waals surface area contributed by atoms with Crippen LogP contribution in [0.2, 0.25) is 0 Å². The van der Waals surface area contributed by atoms with Crippen molar-refractivity contribution < 1.29 is 0 Å². The lowest BCUT2D eigenvalue weighted by Crippen LogP contribution is -2.26. The Bertz CT molecular complexity index is 512. The lowest BCUT2D eigenvalue weighted by Gasteiger charge is -2.14. The minimum absolute atomic E-state index is 0.806. The number of benzene rings is 1. The van der Waals surface area contributed by atoms with Gasteiger partial charge in [-0.2, -0.15) is 0 Å². The zero-order chi connectivity index (χ0) is 13.7. The highest BCUT2D eigenvalue weighted by molar-refractivity contribution is 5.75. The molecule has 1 aromatic carbocycles. The molecule has 0 unspecified atom stereocenters. The molecule has 2 aromatic rings. The molecule has 2 rings (SSSR count).